The number of rotatable bonds is 2. The van der Waals surface area contributed by atoms with Crippen molar-refractivity contribution >= 4 is 12.4 Å². The van der Waals surface area contributed by atoms with Gasteiger partial charge in [-0.3, -0.25) is 0 Å². The summed E-state index contributed by atoms with van der Waals surface area (Å²) >= 11 is 0. The van der Waals surface area contributed by atoms with Gasteiger partial charge >= 0.3 is 0 Å². The zero-order chi connectivity index (χ0) is 12.4. The quantitative estimate of drug-likeness (QED) is 0.902. The van der Waals surface area contributed by atoms with Gasteiger partial charge in [0.15, 0.2) is 5.82 Å². The highest BCUT2D eigenvalue weighted by molar-refractivity contribution is 5.85. The molecule has 2 heterocycles. The highest BCUT2D eigenvalue weighted by atomic mass is 35.5. The van der Waals surface area contributed by atoms with Gasteiger partial charge in [0.05, 0.1) is 12.1 Å². The summed E-state index contributed by atoms with van der Waals surface area (Å²) in [5.41, 5.74) is -0.490. The first-order valence-electron chi connectivity index (χ1n) is 6.83. The lowest BCUT2D eigenvalue weighted by Gasteiger charge is -2.30. The molecule has 2 fully saturated rings. The van der Waals surface area contributed by atoms with Gasteiger partial charge in [0.2, 0.25) is 5.89 Å². The fourth-order valence-corrected chi connectivity index (χ4v) is 2.72. The van der Waals surface area contributed by atoms with Crippen LogP contribution in [0.15, 0.2) is 4.52 Å². The monoisotopic (exact) mass is 282 g/mol. The summed E-state index contributed by atoms with van der Waals surface area (Å²) in [5, 5.41) is 16.8. The molecule has 1 saturated heterocycles. The van der Waals surface area contributed by atoms with Gasteiger partial charge in [0, 0.05) is 0 Å². The van der Waals surface area contributed by atoms with Crippen LogP contribution in [0.25, 0.3) is 0 Å². The van der Waals surface area contributed by atoms with Crippen molar-refractivity contribution in [2.24, 2.45) is 0 Å². The van der Waals surface area contributed by atoms with E-state index in [-0.39, 0.29) is 18.4 Å². The minimum Gasteiger partial charge on any atom is -0.338 e. The Morgan fingerprint density at radius 1 is 1.26 bits per heavy atom. The van der Waals surface area contributed by atoms with Crippen molar-refractivity contribution in [3.63, 3.8) is 0 Å². The van der Waals surface area contributed by atoms with E-state index < -0.39 is 5.41 Å². The molecule has 0 bridgehead atoms. The van der Waals surface area contributed by atoms with E-state index in [0.29, 0.717) is 5.89 Å². The van der Waals surface area contributed by atoms with Crippen LogP contribution >= 0.6 is 12.4 Å². The van der Waals surface area contributed by atoms with Gasteiger partial charge in [-0.15, -0.1) is 12.4 Å². The fraction of sp³-hybridized carbons (Fsp3) is 0.769. The normalized spacial score (nSPS) is 25.5. The fourth-order valence-electron chi connectivity index (χ4n) is 2.72. The van der Waals surface area contributed by atoms with Gasteiger partial charge in [-0.05, 0) is 38.6 Å². The van der Waals surface area contributed by atoms with E-state index in [9.17, 15) is 5.26 Å². The summed E-state index contributed by atoms with van der Waals surface area (Å²) in [5.74, 6) is 1.26. The first-order chi connectivity index (χ1) is 8.84. The molecule has 19 heavy (non-hydrogen) atoms. The second-order valence-electron chi connectivity index (χ2n) is 5.36. The molecular weight excluding hydrogens is 264 g/mol. The second-order valence-corrected chi connectivity index (χ2v) is 5.36. The molecule has 1 N–H and O–H groups in total. The maximum Gasteiger partial charge on any atom is 0.247 e. The summed E-state index contributed by atoms with van der Waals surface area (Å²) in [6.07, 6.45) is 7.50. The number of halogens is 1. The highest BCUT2D eigenvalue weighted by Gasteiger charge is 2.44. The maximum absolute atomic E-state index is 9.26. The smallest absolute Gasteiger partial charge is 0.247 e. The van der Waals surface area contributed by atoms with Crippen molar-refractivity contribution in [1.29, 1.82) is 5.26 Å². The van der Waals surface area contributed by atoms with Crippen molar-refractivity contribution in [3.8, 4) is 6.07 Å². The predicted molar refractivity (Wildman–Crippen MR) is 71.9 cm³/mol. The Kier molecular flexibility index (Phi) is 4.43. The van der Waals surface area contributed by atoms with E-state index in [1.54, 1.807) is 0 Å². The zero-order valence-corrected chi connectivity index (χ0v) is 11.7. The molecule has 1 aromatic heterocycles. The molecule has 3 rings (SSSR count). The van der Waals surface area contributed by atoms with E-state index >= 15 is 0 Å². The largest absolute Gasteiger partial charge is 0.338 e. The first kappa shape index (κ1) is 14.3. The number of nitriles is 1. The molecule has 0 amide bonds. The predicted octanol–water partition coefficient (Wildman–Crippen LogP) is 2.64. The summed E-state index contributed by atoms with van der Waals surface area (Å²) in [4.78, 5) is 4.48. The summed E-state index contributed by atoms with van der Waals surface area (Å²) in [7, 11) is 0. The van der Waals surface area contributed by atoms with Gasteiger partial charge in [0.1, 0.15) is 5.41 Å². The lowest BCUT2D eigenvalue weighted by Crippen LogP contribution is -2.32. The Labute approximate surface area is 119 Å². The van der Waals surface area contributed by atoms with Gasteiger partial charge in [-0.1, -0.05) is 18.0 Å². The number of nitrogens with one attached hydrogen (secondary N) is 1. The molecule has 1 aliphatic heterocycles. The van der Waals surface area contributed by atoms with Gasteiger partial charge in [-0.2, -0.15) is 10.2 Å². The molecule has 0 radical (unpaired) electrons. The standard InChI is InChI=1S/C13H18N4O.ClH/c14-9-13(6-4-7-13)12-16-11(17-18-12)10-5-2-1-3-8-15-10;/h10,15H,1-8H2;1H. The molecule has 5 nitrogen and oxygen atoms in total. The minimum atomic E-state index is -0.490. The molecule has 2 aliphatic rings. The van der Waals surface area contributed by atoms with E-state index in [1.807, 2.05) is 0 Å². The van der Waals surface area contributed by atoms with Crippen LogP contribution in [0.5, 0.6) is 0 Å². The first-order valence-corrected chi connectivity index (χ1v) is 6.83. The molecule has 0 aromatic carbocycles. The molecule has 1 atom stereocenters. The van der Waals surface area contributed by atoms with E-state index in [2.05, 4.69) is 21.5 Å². The van der Waals surface area contributed by atoms with Crippen LogP contribution in [0.3, 0.4) is 0 Å². The van der Waals surface area contributed by atoms with Crippen molar-refractivity contribution < 1.29 is 4.52 Å². The van der Waals surface area contributed by atoms with Crippen LogP contribution in [-0.4, -0.2) is 16.7 Å². The van der Waals surface area contributed by atoms with Crippen molar-refractivity contribution in [1.82, 2.24) is 15.5 Å². The molecule has 1 aliphatic carbocycles. The molecular formula is C13H19ClN4O. The topological polar surface area (TPSA) is 74.7 Å². The van der Waals surface area contributed by atoms with Crippen LogP contribution in [0.2, 0.25) is 0 Å². The van der Waals surface area contributed by atoms with Crippen molar-refractivity contribution in [3.05, 3.63) is 11.7 Å². The minimum absolute atomic E-state index is 0. The molecule has 1 aromatic rings. The van der Waals surface area contributed by atoms with Crippen LogP contribution in [-0.2, 0) is 5.41 Å². The maximum atomic E-state index is 9.26. The number of hydrogen-bond donors (Lipinski definition) is 1. The molecule has 0 spiro atoms. The zero-order valence-electron chi connectivity index (χ0n) is 10.9. The third-order valence-corrected chi connectivity index (χ3v) is 4.14. The summed E-state index contributed by atoms with van der Waals surface area (Å²) in [6.45, 7) is 1.01. The van der Waals surface area contributed by atoms with Crippen LogP contribution in [0.1, 0.15) is 62.7 Å². The van der Waals surface area contributed by atoms with Gasteiger partial charge in [-0.25, -0.2) is 0 Å². The molecule has 1 saturated carbocycles. The highest BCUT2D eigenvalue weighted by Crippen LogP contribution is 2.42. The molecule has 1 unspecified atom stereocenters. The number of hydrogen-bond acceptors (Lipinski definition) is 5. The van der Waals surface area contributed by atoms with Crippen LogP contribution in [0, 0.1) is 11.3 Å². The number of aromatic nitrogens is 2. The Hall–Kier alpha value is -1.12. The average molecular weight is 283 g/mol. The Morgan fingerprint density at radius 2 is 2.11 bits per heavy atom. The number of nitrogens with zero attached hydrogens (tertiary/aromatic N) is 3. The Morgan fingerprint density at radius 3 is 2.79 bits per heavy atom. The summed E-state index contributed by atoms with van der Waals surface area (Å²) < 4.78 is 5.33. The lowest BCUT2D eigenvalue weighted by molar-refractivity contribution is 0.231. The van der Waals surface area contributed by atoms with E-state index in [0.717, 1.165) is 38.1 Å². The van der Waals surface area contributed by atoms with Gasteiger partial charge in [0.25, 0.3) is 0 Å². The van der Waals surface area contributed by atoms with Crippen LogP contribution in [0.4, 0.5) is 0 Å². The third-order valence-electron chi connectivity index (χ3n) is 4.14. The summed E-state index contributed by atoms with van der Waals surface area (Å²) in [6, 6.07) is 2.54. The molecule has 6 heteroatoms. The lowest BCUT2D eigenvalue weighted by atomic mass is 9.70. The van der Waals surface area contributed by atoms with Crippen molar-refractivity contribution in [2.75, 3.05) is 6.54 Å². The van der Waals surface area contributed by atoms with Crippen LogP contribution < -0.4 is 5.32 Å². The second kappa shape index (κ2) is 5.89. The van der Waals surface area contributed by atoms with Crippen molar-refractivity contribution in [2.45, 2.75) is 56.4 Å². The van der Waals surface area contributed by atoms with E-state index in [1.165, 1.54) is 19.3 Å². The molecule has 104 valence electrons. The van der Waals surface area contributed by atoms with E-state index in [4.69, 9.17) is 4.52 Å². The third kappa shape index (κ3) is 2.60. The van der Waals surface area contributed by atoms with Gasteiger partial charge < -0.3 is 9.84 Å². The SMILES string of the molecule is Cl.N#CC1(c2nc(C3CCCCCN3)no2)CCC1. The Bertz CT molecular complexity index is 455. The Balaban J connectivity index is 0.00000133. The average Bonchev–Trinajstić information content (AvgIpc) is 2.65.